The van der Waals surface area contributed by atoms with Crippen LogP contribution in [0.15, 0.2) is 0 Å². The van der Waals surface area contributed by atoms with Crippen LogP contribution in [0.2, 0.25) is 0 Å². The maximum absolute atomic E-state index is 11.5. The number of Topliss-reactive ketones (excluding diaryl/α,β-unsaturated/α-hetero) is 1. The maximum Gasteiger partial charge on any atom is 0.316 e. The largest absolute Gasteiger partial charge is 0.459 e. The van der Waals surface area contributed by atoms with E-state index in [1.165, 1.54) is 0 Å². The highest BCUT2D eigenvalue weighted by Crippen LogP contribution is 2.15. The van der Waals surface area contributed by atoms with Crippen LogP contribution in [-0.2, 0) is 14.3 Å². The molecule has 0 radical (unpaired) electrons. The average Bonchev–Trinajstić information content (AvgIpc) is 2.01. The molecule has 3 heteroatoms. The summed E-state index contributed by atoms with van der Waals surface area (Å²) in [5.74, 6) is -1.02. The van der Waals surface area contributed by atoms with Crippen molar-refractivity contribution in [2.75, 3.05) is 0 Å². The summed E-state index contributed by atoms with van der Waals surface area (Å²) in [4.78, 5) is 22.9. The van der Waals surface area contributed by atoms with E-state index in [0.29, 0.717) is 12.8 Å². The predicted molar refractivity (Wildman–Crippen MR) is 54.9 cm³/mol. The fourth-order valence-electron chi connectivity index (χ4n) is 1.15. The van der Waals surface area contributed by atoms with Crippen LogP contribution in [-0.4, -0.2) is 17.4 Å². The summed E-state index contributed by atoms with van der Waals surface area (Å²) >= 11 is 0. The Morgan fingerprint density at radius 3 is 2.00 bits per heavy atom. The Morgan fingerprint density at radius 1 is 1.21 bits per heavy atom. The van der Waals surface area contributed by atoms with E-state index in [0.717, 1.165) is 0 Å². The Hall–Kier alpha value is -0.860. The molecular weight excluding hydrogens is 180 g/mol. The van der Waals surface area contributed by atoms with E-state index < -0.39 is 17.5 Å². The number of hydrogen-bond acceptors (Lipinski definition) is 3. The second kappa shape index (κ2) is 5.13. The van der Waals surface area contributed by atoms with Crippen molar-refractivity contribution in [2.24, 2.45) is 5.92 Å². The first kappa shape index (κ1) is 13.1. The molecule has 0 saturated heterocycles. The van der Waals surface area contributed by atoms with Crippen LogP contribution in [0.5, 0.6) is 0 Å². The van der Waals surface area contributed by atoms with E-state index in [2.05, 4.69) is 0 Å². The van der Waals surface area contributed by atoms with Crippen LogP contribution >= 0.6 is 0 Å². The lowest BCUT2D eigenvalue weighted by Crippen LogP contribution is -2.32. The zero-order valence-corrected chi connectivity index (χ0v) is 9.72. The van der Waals surface area contributed by atoms with Crippen LogP contribution in [0.25, 0.3) is 0 Å². The van der Waals surface area contributed by atoms with Gasteiger partial charge in [0.15, 0.2) is 0 Å². The van der Waals surface area contributed by atoms with Gasteiger partial charge in [0.05, 0.1) is 0 Å². The quantitative estimate of drug-likeness (QED) is 0.516. The van der Waals surface area contributed by atoms with Crippen LogP contribution in [0, 0.1) is 5.92 Å². The van der Waals surface area contributed by atoms with E-state index in [4.69, 9.17) is 4.74 Å². The predicted octanol–water partition coefficient (Wildman–Crippen LogP) is 2.33. The second-order valence-corrected chi connectivity index (χ2v) is 4.31. The summed E-state index contributed by atoms with van der Waals surface area (Å²) in [6, 6.07) is 0. The Kier molecular flexibility index (Phi) is 4.81. The molecule has 0 bridgehead atoms. The first-order chi connectivity index (χ1) is 6.31. The van der Waals surface area contributed by atoms with Crippen LogP contribution < -0.4 is 0 Å². The summed E-state index contributed by atoms with van der Waals surface area (Å²) in [7, 11) is 0. The third-order valence-electron chi connectivity index (χ3n) is 1.84. The standard InChI is InChI=1S/C11H20O3/c1-6-8(9(12)7-2)10(13)14-11(3,4)5/h8H,6-7H2,1-5H3. The molecule has 82 valence electrons. The van der Waals surface area contributed by atoms with Gasteiger partial charge in [-0.15, -0.1) is 0 Å². The molecule has 0 N–H and O–H groups in total. The van der Waals surface area contributed by atoms with Crippen molar-refractivity contribution >= 4 is 11.8 Å². The molecule has 0 rings (SSSR count). The number of carbonyl (C=O) groups is 2. The minimum atomic E-state index is -0.584. The molecule has 0 aromatic rings. The van der Waals surface area contributed by atoms with Crippen molar-refractivity contribution in [2.45, 2.75) is 53.1 Å². The first-order valence-corrected chi connectivity index (χ1v) is 5.07. The topological polar surface area (TPSA) is 43.4 Å². The Labute approximate surface area is 85.8 Å². The summed E-state index contributed by atoms with van der Waals surface area (Å²) in [5, 5.41) is 0. The highest BCUT2D eigenvalue weighted by atomic mass is 16.6. The van der Waals surface area contributed by atoms with Gasteiger partial charge in [0.2, 0.25) is 0 Å². The molecule has 0 aromatic carbocycles. The molecular formula is C11H20O3. The number of esters is 1. The molecule has 0 saturated carbocycles. The molecule has 0 aliphatic heterocycles. The lowest BCUT2D eigenvalue weighted by Gasteiger charge is -2.22. The fraction of sp³-hybridized carbons (Fsp3) is 0.818. The zero-order chi connectivity index (χ0) is 11.4. The van der Waals surface area contributed by atoms with Crippen LogP contribution in [0.1, 0.15) is 47.5 Å². The zero-order valence-electron chi connectivity index (χ0n) is 9.72. The lowest BCUT2D eigenvalue weighted by atomic mass is 9.99. The first-order valence-electron chi connectivity index (χ1n) is 5.07. The van der Waals surface area contributed by atoms with E-state index >= 15 is 0 Å². The summed E-state index contributed by atoms with van der Waals surface area (Å²) in [5.41, 5.74) is -0.515. The van der Waals surface area contributed by atoms with Crippen LogP contribution in [0.4, 0.5) is 0 Å². The molecule has 1 unspecified atom stereocenters. The van der Waals surface area contributed by atoms with Crippen molar-refractivity contribution in [3.05, 3.63) is 0 Å². The highest BCUT2D eigenvalue weighted by molar-refractivity contribution is 5.98. The molecule has 0 spiro atoms. The highest BCUT2D eigenvalue weighted by Gasteiger charge is 2.28. The lowest BCUT2D eigenvalue weighted by molar-refractivity contribution is -0.162. The molecule has 0 aliphatic rings. The number of hydrogen-bond donors (Lipinski definition) is 0. The van der Waals surface area contributed by atoms with Crippen molar-refractivity contribution < 1.29 is 14.3 Å². The number of ketones is 1. The van der Waals surface area contributed by atoms with E-state index in [9.17, 15) is 9.59 Å². The van der Waals surface area contributed by atoms with Crippen molar-refractivity contribution in [3.63, 3.8) is 0 Å². The van der Waals surface area contributed by atoms with Gasteiger partial charge < -0.3 is 4.74 Å². The van der Waals surface area contributed by atoms with Gasteiger partial charge in [-0.2, -0.15) is 0 Å². The molecule has 0 amide bonds. The van der Waals surface area contributed by atoms with Gasteiger partial charge in [0.1, 0.15) is 17.3 Å². The number of ether oxygens (including phenoxy) is 1. The fourth-order valence-corrected chi connectivity index (χ4v) is 1.15. The average molecular weight is 200 g/mol. The molecule has 3 nitrogen and oxygen atoms in total. The smallest absolute Gasteiger partial charge is 0.316 e. The van der Waals surface area contributed by atoms with Gasteiger partial charge in [-0.3, -0.25) is 9.59 Å². The number of carbonyl (C=O) groups excluding carboxylic acids is 2. The number of rotatable bonds is 4. The van der Waals surface area contributed by atoms with Gasteiger partial charge in [-0.1, -0.05) is 13.8 Å². The SMILES string of the molecule is CCC(=O)C(CC)C(=O)OC(C)(C)C. The molecule has 1 atom stereocenters. The molecule has 0 aliphatic carbocycles. The third-order valence-corrected chi connectivity index (χ3v) is 1.84. The van der Waals surface area contributed by atoms with E-state index in [1.54, 1.807) is 27.7 Å². The minimum absolute atomic E-state index is 0.0400. The third kappa shape index (κ3) is 4.40. The summed E-state index contributed by atoms with van der Waals surface area (Å²) in [6.07, 6.45) is 0.902. The van der Waals surface area contributed by atoms with Crippen molar-refractivity contribution in [1.82, 2.24) is 0 Å². The Balaban J connectivity index is 4.40. The Bertz CT molecular complexity index is 213. The Morgan fingerprint density at radius 2 is 1.71 bits per heavy atom. The van der Waals surface area contributed by atoms with Crippen LogP contribution in [0.3, 0.4) is 0 Å². The minimum Gasteiger partial charge on any atom is -0.459 e. The van der Waals surface area contributed by atoms with E-state index in [1.807, 2.05) is 6.92 Å². The van der Waals surface area contributed by atoms with Gasteiger partial charge in [-0.05, 0) is 27.2 Å². The van der Waals surface area contributed by atoms with E-state index in [-0.39, 0.29) is 5.78 Å². The molecule has 0 heterocycles. The second-order valence-electron chi connectivity index (χ2n) is 4.31. The molecule has 0 aromatic heterocycles. The normalized spacial score (nSPS) is 13.5. The maximum atomic E-state index is 11.5. The molecule has 0 fully saturated rings. The molecule has 14 heavy (non-hydrogen) atoms. The van der Waals surface area contributed by atoms with Crippen molar-refractivity contribution in [3.8, 4) is 0 Å². The van der Waals surface area contributed by atoms with Gasteiger partial charge in [0, 0.05) is 6.42 Å². The van der Waals surface area contributed by atoms with Gasteiger partial charge >= 0.3 is 5.97 Å². The van der Waals surface area contributed by atoms with Gasteiger partial charge in [0.25, 0.3) is 0 Å². The summed E-state index contributed by atoms with van der Waals surface area (Å²) < 4.78 is 5.15. The summed E-state index contributed by atoms with van der Waals surface area (Å²) in [6.45, 7) is 8.98. The van der Waals surface area contributed by atoms with Crippen molar-refractivity contribution in [1.29, 1.82) is 0 Å². The van der Waals surface area contributed by atoms with Gasteiger partial charge in [-0.25, -0.2) is 0 Å². The monoisotopic (exact) mass is 200 g/mol.